The largest absolute Gasteiger partial charge is 0.457 e. The monoisotopic (exact) mass is 305 g/mol. The van der Waals surface area contributed by atoms with Crippen LogP contribution in [-0.2, 0) is 24.2 Å². The summed E-state index contributed by atoms with van der Waals surface area (Å²) >= 11 is 0. The van der Waals surface area contributed by atoms with Crippen LogP contribution in [0.3, 0.4) is 0 Å². The fourth-order valence-corrected chi connectivity index (χ4v) is 4.53. The van der Waals surface area contributed by atoms with Crippen molar-refractivity contribution in [1.82, 2.24) is 0 Å². The molecule has 5 rings (SSSR count). The predicted octanol–water partition coefficient (Wildman–Crippen LogP) is 3.45. The van der Waals surface area contributed by atoms with Crippen molar-refractivity contribution in [2.24, 2.45) is 0 Å². The Morgan fingerprint density at radius 1 is 1.09 bits per heavy atom. The summed E-state index contributed by atoms with van der Waals surface area (Å²) in [4.78, 5) is 14.4. The van der Waals surface area contributed by atoms with Crippen LogP contribution in [0.5, 0.6) is 0 Å². The smallest absolute Gasteiger partial charge is 0.338 e. The Hall–Kier alpha value is -2.29. The topological polar surface area (TPSA) is 29.5 Å². The Morgan fingerprint density at radius 2 is 1.96 bits per heavy atom. The van der Waals surface area contributed by atoms with E-state index in [0.29, 0.717) is 12.5 Å². The van der Waals surface area contributed by atoms with Gasteiger partial charge in [0, 0.05) is 30.3 Å². The molecule has 0 amide bonds. The Bertz CT molecular complexity index is 811. The van der Waals surface area contributed by atoms with Crippen molar-refractivity contribution in [3.8, 4) is 0 Å². The third kappa shape index (κ3) is 1.92. The molecule has 0 saturated heterocycles. The van der Waals surface area contributed by atoms with E-state index in [0.717, 1.165) is 30.6 Å². The van der Waals surface area contributed by atoms with Crippen molar-refractivity contribution in [3.05, 3.63) is 64.2 Å². The average Bonchev–Trinajstić information content (AvgIpc) is 2.97. The lowest BCUT2D eigenvalue weighted by atomic mass is 9.81. The van der Waals surface area contributed by atoms with E-state index in [-0.39, 0.29) is 5.97 Å². The molecule has 116 valence electrons. The highest BCUT2D eigenvalue weighted by atomic mass is 16.5. The number of aryl methyl sites for hydroxylation is 1. The maximum Gasteiger partial charge on any atom is 0.338 e. The first-order valence-corrected chi connectivity index (χ1v) is 8.46. The van der Waals surface area contributed by atoms with E-state index in [1.54, 1.807) is 0 Å². The van der Waals surface area contributed by atoms with E-state index in [9.17, 15) is 4.79 Å². The normalized spacial score (nSPS) is 21.7. The number of rotatable bonds is 1. The van der Waals surface area contributed by atoms with Crippen LogP contribution >= 0.6 is 0 Å². The first kappa shape index (κ1) is 13.2. The SMILES string of the molecule is O=C1OCc2c1cccc2C1Cc2cccc3c2N(CCC3)C1. The van der Waals surface area contributed by atoms with Gasteiger partial charge in [-0.3, -0.25) is 0 Å². The summed E-state index contributed by atoms with van der Waals surface area (Å²) in [5.41, 5.74) is 7.62. The summed E-state index contributed by atoms with van der Waals surface area (Å²) in [7, 11) is 0. The lowest BCUT2D eigenvalue weighted by Gasteiger charge is -2.40. The first-order chi connectivity index (χ1) is 11.3. The van der Waals surface area contributed by atoms with E-state index in [2.05, 4.69) is 29.2 Å². The van der Waals surface area contributed by atoms with Gasteiger partial charge in [-0.25, -0.2) is 4.79 Å². The summed E-state index contributed by atoms with van der Waals surface area (Å²) < 4.78 is 5.26. The van der Waals surface area contributed by atoms with Crippen LogP contribution in [-0.4, -0.2) is 19.1 Å². The van der Waals surface area contributed by atoms with Crippen molar-refractivity contribution >= 4 is 11.7 Å². The summed E-state index contributed by atoms with van der Waals surface area (Å²) in [5.74, 6) is 0.276. The Morgan fingerprint density at radius 3 is 2.91 bits per heavy atom. The molecule has 0 radical (unpaired) electrons. The molecule has 0 N–H and O–H groups in total. The van der Waals surface area contributed by atoms with E-state index in [4.69, 9.17) is 4.74 Å². The third-order valence-corrected chi connectivity index (χ3v) is 5.52. The number of cyclic esters (lactones) is 1. The molecule has 0 saturated carbocycles. The van der Waals surface area contributed by atoms with Crippen LogP contribution in [0.15, 0.2) is 36.4 Å². The second-order valence-corrected chi connectivity index (χ2v) is 6.82. The fourth-order valence-electron chi connectivity index (χ4n) is 4.53. The summed E-state index contributed by atoms with van der Waals surface area (Å²) in [5, 5.41) is 0. The average molecular weight is 305 g/mol. The molecule has 3 aliphatic rings. The number of anilines is 1. The molecule has 1 atom stereocenters. The number of hydrogen-bond donors (Lipinski definition) is 0. The van der Waals surface area contributed by atoms with Gasteiger partial charge in [0.15, 0.2) is 0 Å². The van der Waals surface area contributed by atoms with E-state index >= 15 is 0 Å². The zero-order chi connectivity index (χ0) is 15.4. The van der Waals surface area contributed by atoms with Crippen LogP contribution in [0.1, 0.15) is 45.0 Å². The molecule has 0 bridgehead atoms. The number of benzene rings is 2. The molecule has 0 aromatic heterocycles. The second kappa shape index (κ2) is 4.85. The second-order valence-electron chi connectivity index (χ2n) is 6.82. The predicted molar refractivity (Wildman–Crippen MR) is 89.0 cm³/mol. The summed E-state index contributed by atoms with van der Waals surface area (Å²) in [6.07, 6.45) is 3.50. The van der Waals surface area contributed by atoms with Gasteiger partial charge in [0.05, 0.1) is 5.56 Å². The zero-order valence-electron chi connectivity index (χ0n) is 13.0. The minimum atomic E-state index is -0.168. The summed E-state index contributed by atoms with van der Waals surface area (Å²) in [6.45, 7) is 2.63. The van der Waals surface area contributed by atoms with Gasteiger partial charge in [-0.1, -0.05) is 30.3 Å². The number of fused-ring (bicyclic) bond motifs is 1. The molecule has 0 aliphatic carbocycles. The number of carbonyl (C=O) groups excluding carboxylic acids is 1. The molecular weight excluding hydrogens is 286 g/mol. The molecule has 3 nitrogen and oxygen atoms in total. The van der Waals surface area contributed by atoms with Gasteiger partial charge in [-0.15, -0.1) is 0 Å². The Balaban J connectivity index is 1.59. The molecule has 1 unspecified atom stereocenters. The van der Waals surface area contributed by atoms with Crippen LogP contribution in [0, 0.1) is 0 Å². The van der Waals surface area contributed by atoms with Gasteiger partial charge >= 0.3 is 5.97 Å². The van der Waals surface area contributed by atoms with Crippen LogP contribution in [0.2, 0.25) is 0 Å². The highest BCUT2D eigenvalue weighted by Crippen LogP contribution is 2.41. The van der Waals surface area contributed by atoms with Gasteiger partial charge in [-0.2, -0.15) is 0 Å². The van der Waals surface area contributed by atoms with Crippen molar-refractivity contribution in [2.45, 2.75) is 31.8 Å². The highest BCUT2D eigenvalue weighted by molar-refractivity contribution is 5.93. The maximum atomic E-state index is 11.8. The van der Waals surface area contributed by atoms with Crippen molar-refractivity contribution in [2.75, 3.05) is 18.0 Å². The number of hydrogen-bond acceptors (Lipinski definition) is 3. The van der Waals surface area contributed by atoms with Gasteiger partial charge in [0.25, 0.3) is 0 Å². The minimum absolute atomic E-state index is 0.168. The number of para-hydroxylation sites is 1. The van der Waals surface area contributed by atoms with E-state index in [1.807, 2.05) is 12.1 Å². The molecule has 2 aromatic rings. The van der Waals surface area contributed by atoms with Crippen LogP contribution in [0.25, 0.3) is 0 Å². The number of esters is 1. The van der Waals surface area contributed by atoms with Gasteiger partial charge < -0.3 is 9.64 Å². The number of carbonyl (C=O) groups is 1. The number of nitrogens with zero attached hydrogens (tertiary/aromatic N) is 1. The molecular formula is C20H19NO2. The van der Waals surface area contributed by atoms with Gasteiger partial charge in [0.1, 0.15) is 6.61 Å². The van der Waals surface area contributed by atoms with Gasteiger partial charge in [0.2, 0.25) is 0 Å². The van der Waals surface area contributed by atoms with Crippen molar-refractivity contribution in [3.63, 3.8) is 0 Å². The van der Waals surface area contributed by atoms with Crippen molar-refractivity contribution in [1.29, 1.82) is 0 Å². The minimum Gasteiger partial charge on any atom is -0.457 e. The van der Waals surface area contributed by atoms with Gasteiger partial charge in [-0.05, 0) is 42.0 Å². The quantitative estimate of drug-likeness (QED) is 0.756. The van der Waals surface area contributed by atoms with E-state index < -0.39 is 0 Å². The van der Waals surface area contributed by atoms with Crippen LogP contribution in [0.4, 0.5) is 5.69 Å². The highest BCUT2D eigenvalue weighted by Gasteiger charge is 2.32. The third-order valence-electron chi connectivity index (χ3n) is 5.52. The lowest BCUT2D eigenvalue weighted by Crippen LogP contribution is -2.38. The molecule has 2 aromatic carbocycles. The molecule has 3 heteroatoms. The molecule has 23 heavy (non-hydrogen) atoms. The molecule has 0 spiro atoms. The molecule has 0 fully saturated rings. The molecule has 3 aliphatic heterocycles. The standard InChI is InChI=1S/C20H19NO2/c22-20-17-8-2-7-16(18(17)12-23-20)15-10-14-5-1-4-13-6-3-9-21(11-15)19(13)14/h1-2,4-5,7-8,15H,3,6,9-12H2. The lowest BCUT2D eigenvalue weighted by molar-refractivity contribution is 0.0534. The van der Waals surface area contributed by atoms with Crippen LogP contribution < -0.4 is 4.90 Å². The first-order valence-electron chi connectivity index (χ1n) is 8.46. The van der Waals surface area contributed by atoms with Crippen molar-refractivity contribution < 1.29 is 9.53 Å². The molecule has 3 heterocycles. The maximum absolute atomic E-state index is 11.8. The van der Waals surface area contributed by atoms with E-state index in [1.165, 1.54) is 35.2 Å². The fraction of sp³-hybridized carbons (Fsp3) is 0.350. The Kier molecular flexibility index (Phi) is 2.78. The summed E-state index contributed by atoms with van der Waals surface area (Å²) in [6, 6.07) is 12.8. The zero-order valence-corrected chi connectivity index (χ0v) is 13.0. The number of ether oxygens (including phenoxy) is 1. The Labute approximate surface area is 135 Å².